The predicted molar refractivity (Wildman–Crippen MR) is 105 cm³/mol. The molecule has 2 amide bonds. The molecule has 176 valence electrons. The van der Waals surface area contributed by atoms with Gasteiger partial charge in [0.25, 0.3) is 5.91 Å². The van der Waals surface area contributed by atoms with Crippen LogP contribution in [0.5, 0.6) is 0 Å². The van der Waals surface area contributed by atoms with Gasteiger partial charge >= 0.3 is 5.97 Å². The minimum Gasteiger partial charge on any atom is -0.480 e. The second-order valence-corrected chi connectivity index (χ2v) is 9.40. The lowest BCUT2D eigenvalue weighted by Crippen LogP contribution is -2.60. The Kier molecular flexibility index (Phi) is 6.64. The number of carboxylic acids is 1. The summed E-state index contributed by atoms with van der Waals surface area (Å²) in [6.07, 6.45) is -3.57. The molecule has 3 heterocycles. The van der Waals surface area contributed by atoms with Crippen LogP contribution in [-0.2, 0) is 38.1 Å². The van der Waals surface area contributed by atoms with Gasteiger partial charge in [-0.15, -0.1) is 0 Å². The summed E-state index contributed by atoms with van der Waals surface area (Å²) in [5.41, 5.74) is 0. The van der Waals surface area contributed by atoms with Crippen LogP contribution in [0.1, 0.15) is 48.0 Å². The van der Waals surface area contributed by atoms with Gasteiger partial charge in [0.05, 0.1) is 6.54 Å². The highest BCUT2D eigenvalue weighted by molar-refractivity contribution is 5.89. The summed E-state index contributed by atoms with van der Waals surface area (Å²) in [7, 11) is 0. The fraction of sp³-hybridized carbons (Fsp3) is 0.850. The molecule has 0 unspecified atom stereocenters. The zero-order valence-electron chi connectivity index (χ0n) is 18.7. The van der Waals surface area contributed by atoms with Gasteiger partial charge in [0.15, 0.2) is 24.0 Å². The smallest absolute Gasteiger partial charge is 0.326 e. The fourth-order valence-electron chi connectivity index (χ4n) is 4.03. The van der Waals surface area contributed by atoms with Crippen LogP contribution >= 0.6 is 0 Å². The molecule has 0 aromatic rings. The van der Waals surface area contributed by atoms with E-state index in [1.165, 1.54) is 0 Å². The van der Waals surface area contributed by atoms with Gasteiger partial charge in [-0.3, -0.25) is 9.59 Å². The van der Waals surface area contributed by atoms with Gasteiger partial charge in [0, 0.05) is 0 Å². The summed E-state index contributed by atoms with van der Waals surface area (Å²) < 4.78 is 29.3. The van der Waals surface area contributed by atoms with Crippen LogP contribution in [0.4, 0.5) is 0 Å². The zero-order valence-corrected chi connectivity index (χ0v) is 18.7. The third kappa shape index (κ3) is 5.53. The maximum Gasteiger partial charge on any atom is 0.326 e. The molecule has 0 bridgehead atoms. The normalized spacial score (nSPS) is 34.0. The first kappa shape index (κ1) is 23.9. The first-order valence-corrected chi connectivity index (χ1v) is 10.4. The van der Waals surface area contributed by atoms with Crippen molar-refractivity contribution in [2.75, 3.05) is 6.54 Å². The highest BCUT2D eigenvalue weighted by Gasteiger charge is 2.62. The molecule has 0 saturated carbocycles. The molecule has 31 heavy (non-hydrogen) atoms. The molecule has 3 rings (SSSR count). The number of nitrogens with one attached hydrogen (secondary N) is 2. The van der Waals surface area contributed by atoms with Crippen LogP contribution in [0.15, 0.2) is 0 Å². The number of carbonyl (C=O) groups is 3. The van der Waals surface area contributed by atoms with Crippen LogP contribution in [0, 0.1) is 5.92 Å². The fourth-order valence-corrected chi connectivity index (χ4v) is 4.03. The van der Waals surface area contributed by atoms with Crippen LogP contribution in [-0.4, -0.2) is 77.8 Å². The van der Waals surface area contributed by atoms with E-state index in [4.69, 9.17) is 23.7 Å². The van der Waals surface area contributed by atoms with Crippen LogP contribution < -0.4 is 10.6 Å². The summed E-state index contributed by atoms with van der Waals surface area (Å²) in [6, 6.07) is -1.03. The molecular weight excluding hydrogens is 412 g/mol. The molecule has 11 nitrogen and oxygen atoms in total. The average Bonchev–Trinajstić information content (AvgIpc) is 3.11. The van der Waals surface area contributed by atoms with Gasteiger partial charge in [-0.25, -0.2) is 4.79 Å². The van der Waals surface area contributed by atoms with Crippen molar-refractivity contribution in [1.29, 1.82) is 0 Å². The van der Waals surface area contributed by atoms with E-state index in [2.05, 4.69) is 10.6 Å². The van der Waals surface area contributed by atoms with Crippen molar-refractivity contribution >= 4 is 17.8 Å². The molecule has 3 aliphatic heterocycles. The molecule has 0 aromatic carbocycles. The summed E-state index contributed by atoms with van der Waals surface area (Å²) in [6.45, 7) is 10.2. The Morgan fingerprint density at radius 1 is 0.935 bits per heavy atom. The van der Waals surface area contributed by atoms with Gasteiger partial charge in [-0.2, -0.15) is 0 Å². The van der Waals surface area contributed by atoms with Crippen molar-refractivity contribution in [2.45, 2.75) is 96.3 Å². The number of ether oxygens (including phenoxy) is 5. The number of carbonyl (C=O) groups excluding carboxylic acids is 2. The third-order valence-corrected chi connectivity index (χ3v) is 5.18. The molecule has 3 fully saturated rings. The molecule has 3 saturated heterocycles. The Labute approximate surface area is 181 Å². The molecule has 0 aromatic heterocycles. The lowest BCUT2D eigenvalue weighted by molar-refractivity contribution is -0.231. The van der Waals surface area contributed by atoms with Crippen molar-refractivity contribution in [3.8, 4) is 0 Å². The Morgan fingerprint density at radius 3 is 2.13 bits per heavy atom. The summed E-state index contributed by atoms with van der Waals surface area (Å²) in [5.74, 6) is -4.12. The molecule has 3 aliphatic rings. The van der Waals surface area contributed by atoms with Gasteiger partial charge < -0.3 is 39.4 Å². The van der Waals surface area contributed by atoms with E-state index in [0.29, 0.717) is 0 Å². The first-order chi connectivity index (χ1) is 14.3. The standard InChI is InChI=1S/C20H32N2O9/c1-9(2)7-10(17(25)26)22-11(23)8-21-16(24)14-12-13(29-19(3,4)28-12)15-18(27-14)31-20(5,6)30-15/h9-10,12-15,18H,7-8H2,1-6H3,(H,21,24)(H,22,23)(H,25,26)/t10-,12+,13-,14-,15+,18+/m0/s1. The number of hydrogen-bond donors (Lipinski definition) is 3. The number of aliphatic carboxylic acids is 1. The van der Waals surface area contributed by atoms with Crippen LogP contribution in [0.3, 0.4) is 0 Å². The number of fused-ring (bicyclic) bond motifs is 3. The Morgan fingerprint density at radius 2 is 1.52 bits per heavy atom. The van der Waals surface area contributed by atoms with Crippen LogP contribution in [0.25, 0.3) is 0 Å². The van der Waals surface area contributed by atoms with Crippen molar-refractivity contribution in [3.05, 3.63) is 0 Å². The van der Waals surface area contributed by atoms with Crippen LogP contribution in [0.2, 0.25) is 0 Å². The topological polar surface area (TPSA) is 142 Å². The van der Waals surface area contributed by atoms with E-state index in [1.807, 2.05) is 13.8 Å². The van der Waals surface area contributed by atoms with Crippen molar-refractivity contribution < 1.29 is 43.2 Å². The van der Waals surface area contributed by atoms with E-state index in [9.17, 15) is 19.5 Å². The Balaban J connectivity index is 1.63. The van der Waals surface area contributed by atoms with Gasteiger partial charge in [-0.1, -0.05) is 13.8 Å². The molecule has 0 aliphatic carbocycles. The summed E-state index contributed by atoms with van der Waals surface area (Å²) in [4.78, 5) is 36.4. The molecule has 3 N–H and O–H groups in total. The van der Waals surface area contributed by atoms with Crippen molar-refractivity contribution in [1.82, 2.24) is 10.6 Å². The maximum atomic E-state index is 12.8. The highest BCUT2D eigenvalue weighted by atomic mass is 16.9. The molecule has 0 spiro atoms. The predicted octanol–water partition coefficient (Wildman–Crippen LogP) is 0.115. The Hall–Kier alpha value is -1.79. The van der Waals surface area contributed by atoms with Gasteiger partial charge in [0.1, 0.15) is 24.4 Å². The number of hydrogen-bond acceptors (Lipinski definition) is 8. The maximum absolute atomic E-state index is 12.8. The lowest BCUT2D eigenvalue weighted by Gasteiger charge is -2.36. The SMILES string of the molecule is CC(C)C[C@H](NC(=O)CNC(=O)[C@H]1O[C@@H]2OC(C)(C)O[C@@H]2[C@H]2OC(C)(C)O[C@H]21)C(=O)O. The van der Waals surface area contributed by atoms with Gasteiger partial charge in [0.2, 0.25) is 5.91 Å². The van der Waals surface area contributed by atoms with Crippen molar-refractivity contribution in [2.24, 2.45) is 5.92 Å². The van der Waals surface area contributed by atoms with Gasteiger partial charge in [-0.05, 0) is 40.0 Å². The number of amides is 2. The van der Waals surface area contributed by atoms with E-state index in [-0.39, 0.29) is 12.3 Å². The second-order valence-electron chi connectivity index (χ2n) is 9.40. The van der Waals surface area contributed by atoms with E-state index in [1.54, 1.807) is 27.7 Å². The first-order valence-electron chi connectivity index (χ1n) is 10.4. The van der Waals surface area contributed by atoms with E-state index >= 15 is 0 Å². The minimum absolute atomic E-state index is 0.0808. The zero-order chi connectivity index (χ0) is 23.1. The molecule has 11 heteroatoms. The minimum atomic E-state index is -1.13. The quantitative estimate of drug-likeness (QED) is 0.499. The Bertz CT molecular complexity index is 723. The molecular formula is C20H32N2O9. The third-order valence-electron chi connectivity index (χ3n) is 5.18. The largest absolute Gasteiger partial charge is 0.480 e. The molecule has 0 radical (unpaired) electrons. The van der Waals surface area contributed by atoms with E-state index < -0.39 is 72.7 Å². The van der Waals surface area contributed by atoms with Crippen molar-refractivity contribution in [3.63, 3.8) is 0 Å². The summed E-state index contributed by atoms with van der Waals surface area (Å²) >= 11 is 0. The van der Waals surface area contributed by atoms with E-state index in [0.717, 1.165) is 0 Å². The molecule has 6 atom stereocenters. The monoisotopic (exact) mass is 444 g/mol. The highest BCUT2D eigenvalue weighted by Crippen LogP contribution is 2.44. The number of carboxylic acid groups (broad SMARTS) is 1. The number of rotatable bonds is 7. The summed E-state index contributed by atoms with van der Waals surface area (Å²) in [5, 5.41) is 14.2. The average molecular weight is 444 g/mol. The second kappa shape index (κ2) is 8.62. The lowest BCUT2D eigenvalue weighted by atomic mass is 9.98.